The second kappa shape index (κ2) is 6.39. The first kappa shape index (κ1) is 13.6. The zero-order chi connectivity index (χ0) is 13.7. The topological polar surface area (TPSA) is 23.8 Å². The van der Waals surface area contributed by atoms with Crippen molar-refractivity contribution in [3.05, 3.63) is 35.1 Å². The van der Waals surface area contributed by atoms with Gasteiger partial charge in [-0.25, -0.2) is 4.39 Å². The molecule has 98 valence electrons. The summed E-state index contributed by atoms with van der Waals surface area (Å²) in [5, 5.41) is 8.67. The van der Waals surface area contributed by atoms with Crippen LogP contribution in [0.3, 0.4) is 0 Å². The van der Waals surface area contributed by atoms with E-state index < -0.39 is 5.82 Å². The smallest absolute Gasteiger partial charge is 0.142 e. The molecule has 0 heterocycles. The third-order valence-corrected chi connectivity index (χ3v) is 3.93. The molecule has 0 radical (unpaired) electrons. The van der Waals surface area contributed by atoms with Crippen molar-refractivity contribution in [1.82, 2.24) is 0 Å². The lowest BCUT2D eigenvalue weighted by Gasteiger charge is -2.24. The Kier molecular flexibility index (Phi) is 4.58. The number of hydrogen-bond acceptors (Lipinski definition) is 1. The first-order valence-electron chi connectivity index (χ1n) is 6.94. The number of rotatable bonds is 1. The SMILES string of the molecule is CC[C@H]1CC[C@H](C#Cc2ccc(C#N)c(F)c2)CC1. The molecule has 1 nitrogen and oxygen atoms in total. The number of benzene rings is 1. The van der Waals surface area contributed by atoms with Crippen molar-refractivity contribution in [3.63, 3.8) is 0 Å². The van der Waals surface area contributed by atoms with Gasteiger partial charge in [-0.2, -0.15) is 5.26 Å². The van der Waals surface area contributed by atoms with Gasteiger partial charge in [0, 0.05) is 11.5 Å². The summed E-state index contributed by atoms with van der Waals surface area (Å²) in [6, 6.07) is 6.37. The van der Waals surface area contributed by atoms with Crippen LogP contribution in [0.5, 0.6) is 0 Å². The maximum Gasteiger partial charge on any atom is 0.142 e. The molecule has 2 heteroatoms. The fourth-order valence-electron chi connectivity index (χ4n) is 2.58. The first-order chi connectivity index (χ1) is 9.22. The summed E-state index contributed by atoms with van der Waals surface area (Å²) >= 11 is 0. The minimum Gasteiger partial charge on any atom is -0.206 e. The van der Waals surface area contributed by atoms with Crippen LogP contribution in [0, 0.1) is 40.8 Å². The van der Waals surface area contributed by atoms with E-state index in [0.717, 1.165) is 18.8 Å². The van der Waals surface area contributed by atoms with E-state index in [4.69, 9.17) is 5.26 Å². The fraction of sp³-hybridized carbons (Fsp3) is 0.471. The Bertz CT molecular complexity index is 537. The van der Waals surface area contributed by atoms with Crippen molar-refractivity contribution in [2.75, 3.05) is 0 Å². The molecule has 0 amide bonds. The molecule has 0 saturated heterocycles. The summed E-state index contributed by atoms with van der Waals surface area (Å²) < 4.78 is 13.4. The van der Waals surface area contributed by atoms with Gasteiger partial charge in [0.15, 0.2) is 0 Å². The van der Waals surface area contributed by atoms with Crippen LogP contribution in [0.1, 0.15) is 50.2 Å². The highest BCUT2D eigenvalue weighted by Crippen LogP contribution is 2.30. The van der Waals surface area contributed by atoms with Crippen molar-refractivity contribution < 1.29 is 4.39 Å². The zero-order valence-electron chi connectivity index (χ0n) is 11.2. The summed E-state index contributed by atoms with van der Waals surface area (Å²) in [7, 11) is 0. The number of nitriles is 1. The average molecular weight is 255 g/mol. The monoisotopic (exact) mass is 255 g/mol. The van der Waals surface area contributed by atoms with Gasteiger partial charge in [-0.05, 0) is 49.8 Å². The molecular formula is C17H18FN. The van der Waals surface area contributed by atoms with Gasteiger partial charge in [0.05, 0.1) is 5.56 Å². The lowest BCUT2D eigenvalue weighted by atomic mass is 9.81. The predicted molar refractivity (Wildman–Crippen MR) is 73.7 cm³/mol. The molecule has 1 saturated carbocycles. The molecular weight excluding hydrogens is 237 g/mol. The second-order valence-corrected chi connectivity index (χ2v) is 5.20. The maximum absolute atomic E-state index is 13.4. The summed E-state index contributed by atoms with van der Waals surface area (Å²) in [6.07, 6.45) is 6.10. The van der Waals surface area contributed by atoms with E-state index in [0.29, 0.717) is 11.5 Å². The minimum atomic E-state index is -0.482. The van der Waals surface area contributed by atoms with E-state index in [9.17, 15) is 4.39 Å². The minimum absolute atomic E-state index is 0.0778. The quantitative estimate of drug-likeness (QED) is 0.688. The van der Waals surface area contributed by atoms with Crippen molar-refractivity contribution in [3.8, 4) is 17.9 Å². The Hall–Kier alpha value is -1.80. The molecule has 0 aromatic heterocycles. The van der Waals surface area contributed by atoms with E-state index >= 15 is 0 Å². The number of nitrogens with zero attached hydrogens (tertiary/aromatic N) is 1. The molecule has 19 heavy (non-hydrogen) atoms. The summed E-state index contributed by atoms with van der Waals surface area (Å²) in [6.45, 7) is 2.25. The van der Waals surface area contributed by atoms with Crippen molar-refractivity contribution in [1.29, 1.82) is 5.26 Å². The largest absolute Gasteiger partial charge is 0.206 e. The van der Waals surface area contributed by atoms with Crippen LogP contribution in [-0.4, -0.2) is 0 Å². The van der Waals surface area contributed by atoms with Crippen LogP contribution in [0.25, 0.3) is 0 Å². The fourth-order valence-corrected chi connectivity index (χ4v) is 2.58. The standard InChI is InChI=1S/C17H18FN/c1-2-13-3-5-14(6-4-13)7-8-15-9-10-16(12-19)17(18)11-15/h9-11,13-14H,2-6H2,1H3/t13-,14-. The van der Waals surface area contributed by atoms with Gasteiger partial charge in [0.2, 0.25) is 0 Å². The third kappa shape index (κ3) is 3.58. The summed E-state index contributed by atoms with van der Waals surface area (Å²) in [5.41, 5.74) is 0.739. The van der Waals surface area contributed by atoms with Crippen molar-refractivity contribution in [2.45, 2.75) is 39.0 Å². The van der Waals surface area contributed by atoms with Crippen LogP contribution < -0.4 is 0 Å². The molecule has 0 aliphatic heterocycles. The van der Waals surface area contributed by atoms with Crippen LogP contribution in [-0.2, 0) is 0 Å². The molecule has 0 bridgehead atoms. The maximum atomic E-state index is 13.4. The van der Waals surface area contributed by atoms with Gasteiger partial charge >= 0.3 is 0 Å². The Labute approximate surface area is 114 Å². The van der Waals surface area contributed by atoms with Crippen LogP contribution >= 0.6 is 0 Å². The Morgan fingerprint density at radius 3 is 2.58 bits per heavy atom. The molecule has 0 N–H and O–H groups in total. The average Bonchev–Trinajstić information content (AvgIpc) is 2.46. The van der Waals surface area contributed by atoms with E-state index in [1.165, 1.54) is 31.4 Å². The normalized spacial score (nSPS) is 22.2. The Morgan fingerprint density at radius 1 is 1.26 bits per heavy atom. The molecule has 1 aliphatic carbocycles. The van der Waals surface area contributed by atoms with Gasteiger partial charge in [0.1, 0.15) is 11.9 Å². The molecule has 1 fully saturated rings. The van der Waals surface area contributed by atoms with Gasteiger partial charge in [-0.15, -0.1) is 0 Å². The molecule has 0 unspecified atom stereocenters. The van der Waals surface area contributed by atoms with Gasteiger partial charge < -0.3 is 0 Å². The van der Waals surface area contributed by atoms with Gasteiger partial charge in [0.25, 0.3) is 0 Å². The third-order valence-electron chi connectivity index (χ3n) is 3.93. The lowest BCUT2D eigenvalue weighted by molar-refractivity contribution is 0.309. The van der Waals surface area contributed by atoms with E-state index in [1.807, 2.05) is 6.07 Å². The molecule has 1 aromatic carbocycles. The van der Waals surface area contributed by atoms with Gasteiger partial charge in [-0.3, -0.25) is 0 Å². The molecule has 0 spiro atoms. The first-order valence-corrected chi connectivity index (χ1v) is 6.94. The van der Waals surface area contributed by atoms with Crippen LogP contribution in [0.2, 0.25) is 0 Å². The predicted octanol–water partition coefficient (Wildman–Crippen LogP) is 4.27. The molecule has 1 aromatic rings. The van der Waals surface area contributed by atoms with Crippen molar-refractivity contribution >= 4 is 0 Å². The summed E-state index contributed by atoms with van der Waals surface area (Å²) in [5.74, 6) is 7.12. The lowest BCUT2D eigenvalue weighted by Crippen LogP contribution is -2.12. The Morgan fingerprint density at radius 2 is 2.00 bits per heavy atom. The van der Waals surface area contributed by atoms with Crippen LogP contribution in [0.4, 0.5) is 4.39 Å². The number of halogens is 1. The second-order valence-electron chi connectivity index (χ2n) is 5.20. The highest BCUT2D eigenvalue weighted by molar-refractivity contribution is 5.41. The van der Waals surface area contributed by atoms with Gasteiger partial charge in [-0.1, -0.05) is 25.2 Å². The zero-order valence-corrected chi connectivity index (χ0v) is 11.2. The van der Waals surface area contributed by atoms with E-state index in [2.05, 4.69) is 18.8 Å². The van der Waals surface area contributed by atoms with E-state index in [-0.39, 0.29) is 5.56 Å². The highest BCUT2D eigenvalue weighted by atomic mass is 19.1. The molecule has 0 atom stereocenters. The summed E-state index contributed by atoms with van der Waals surface area (Å²) in [4.78, 5) is 0. The molecule has 1 aliphatic rings. The highest BCUT2D eigenvalue weighted by Gasteiger charge is 2.18. The van der Waals surface area contributed by atoms with Crippen molar-refractivity contribution in [2.24, 2.45) is 11.8 Å². The van der Waals surface area contributed by atoms with E-state index in [1.54, 1.807) is 6.07 Å². The molecule has 2 rings (SSSR count). The Balaban J connectivity index is 2.01. The van der Waals surface area contributed by atoms with Crippen LogP contribution in [0.15, 0.2) is 18.2 Å². The number of hydrogen-bond donors (Lipinski definition) is 0.